The van der Waals surface area contributed by atoms with E-state index in [9.17, 15) is 0 Å². The van der Waals surface area contributed by atoms with E-state index in [2.05, 4.69) is 67.8 Å². The Labute approximate surface area is 139 Å². The van der Waals surface area contributed by atoms with Crippen LogP contribution >= 0.6 is 0 Å². The lowest BCUT2D eigenvalue weighted by molar-refractivity contribution is 0.384. The number of hydrogen-bond acceptors (Lipinski definition) is 1. The summed E-state index contributed by atoms with van der Waals surface area (Å²) in [4.78, 5) is 2.42. The van der Waals surface area contributed by atoms with Gasteiger partial charge in [-0.05, 0) is 48.3 Å². The topological polar surface area (TPSA) is 3.24 Å². The first-order valence-electron chi connectivity index (χ1n) is 8.68. The average molecular weight is 303 g/mol. The van der Waals surface area contributed by atoms with Gasteiger partial charge in [-0.15, -0.1) is 0 Å². The van der Waals surface area contributed by atoms with Gasteiger partial charge >= 0.3 is 0 Å². The molecular formula is C22H25N. The highest BCUT2D eigenvalue weighted by molar-refractivity contribution is 5.67. The molecule has 1 saturated carbocycles. The van der Waals surface area contributed by atoms with E-state index in [0.29, 0.717) is 5.41 Å². The van der Waals surface area contributed by atoms with E-state index in [0.717, 1.165) is 19.5 Å². The predicted octanol–water partition coefficient (Wildman–Crippen LogP) is 5.08. The van der Waals surface area contributed by atoms with E-state index in [1.54, 1.807) is 0 Å². The maximum absolute atomic E-state index is 4.38. The van der Waals surface area contributed by atoms with Gasteiger partial charge in [0.2, 0.25) is 0 Å². The smallest absolute Gasteiger partial charge is 0.0429 e. The Bertz CT molecular complexity index is 750. The van der Waals surface area contributed by atoms with Gasteiger partial charge in [0.1, 0.15) is 0 Å². The Morgan fingerprint density at radius 2 is 1.83 bits per heavy atom. The summed E-state index contributed by atoms with van der Waals surface area (Å²) < 4.78 is 0. The van der Waals surface area contributed by atoms with Gasteiger partial charge in [-0.2, -0.15) is 0 Å². The molecule has 2 aliphatic rings. The molecule has 0 saturated heterocycles. The van der Waals surface area contributed by atoms with Crippen molar-refractivity contribution in [1.29, 1.82) is 0 Å². The summed E-state index contributed by atoms with van der Waals surface area (Å²) in [5.74, 6) is 0. The third-order valence-electron chi connectivity index (χ3n) is 5.64. The van der Waals surface area contributed by atoms with Crippen molar-refractivity contribution in [2.75, 3.05) is 6.54 Å². The normalized spacial score (nSPS) is 18.7. The quantitative estimate of drug-likeness (QED) is 0.764. The Kier molecular flexibility index (Phi) is 3.33. The van der Waals surface area contributed by atoms with Gasteiger partial charge in [-0.25, -0.2) is 0 Å². The number of benzene rings is 2. The van der Waals surface area contributed by atoms with Crippen LogP contribution in [0.4, 0.5) is 0 Å². The van der Waals surface area contributed by atoms with Gasteiger partial charge in [0.05, 0.1) is 0 Å². The fourth-order valence-corrected chi connectivity index (χ4v) is 3.58. The third-order valence-corrected chi connectivity index (χ3v) is 5.64. The van der Waals surface area contributed by atoms with Crippen LogP contribution in [0.15, 0.2) is 49.0 Å². The van der Waals surface area contributed by atoms with Crippen molar-refractivity contribution < 1.29 is 0 Å². The molecule has 1 heterocycles. The third kappa shape index (κ3) is 2.69. The minimum Gasteiger partial charge on any atom is -0.367 e. The molecule has 0 unspecified atom stereocenters. The molecule has 1 aliphatic heterocycles. The van der Waals surface area contributed by atoms with E-state index in [4.69, 9.17) is 0 Å². The van der Waals surface area contributed by atoms with Gasteiger partial charge < -0.3 is 4.90 Å². The average Bonchev–Trinajstić information content (AvgIpc) is 3.31. The summed E-state index contributed by atoms with van der Waals surface area (Å²) in [5.41, 5.74) is 8.67. The highest BCUT2D eigenvalue weighted by Crippen LogP contribution is 2.48. The van der Waals surface area contributed by atoms with Crippen LogP contribution in [0, 0.1) is 6.92 Å². The molecule has 0 N–H and O–H groups in total. The van der Waals surface area contributed by atoms with E-state index in [1.165, 1.54) is 46.4 Å². The van der Waals surface area contributed by atoms with Crippen LogP contribution in [-0.4, -0.2) is 11.4 Å². The molecule has 1 heteroatoms. The summed E-state index contributed by atoms with van der Waals surface area (Å²) in [7, 11) is 0. The number of aryl methyl sites for hydroxylation is 1. The van der Waals surface area contributed by atoms with Crippen LogP contribution in [0.25, 0.3) is 5.70 Å². The first-order valence-corrected chi connectivity index (χ1v) is 8.68. The van der Waals surface area contributed by atoms with Crippen LogP contribution in [-0.2, 0) is 18.4 Å². The minimum atomic E-state index is 0.454. The molecular weight excluding hydrogens is 278 g/mol. The molecule has 1 aliphatic carbocycles. The molecule has 4 rings (SSSR count). The summed E-state index contributed by atoms with van der Waals surface area (Å²) in [6, 6.07) is 15.9. The second-order valence-corrected chi connectivity index (χ2v) is 7.54. The second kappa shape index (κ2) is 5.26. The molecule has 1 fully saturated rings. The first kappa shape index (κ1) is 14.6. The predicted molar refractivity (Wildman–Crippen MR) is 97.4 cm³/mol. The fourth-order valence-electron chi connectivity index (χ4n) is 3.58. The fraction of sp³-hybridized carbons (Fsp3) is 0.364. The van der Waals surface area contributed by atoms with Crippen molar-refractivity contribution >= 4 is 5.70 Å². The van der Waals surface area contributed by atoms with Gasteiger partial charge in [0, 0.05) is 24.4 Å². The summed E-state index contributed by atoms with van der Waals surface area (Å²) in [6.07, 6.45) is 3.81. The number of hydrogen-bond donors (Lipinski definition) is 0. The molecule has 0 amide bonds. The zero-order chi connectivity index (χ0) is 16.0. The second-order valence-electron chi connectivity index (χ2n) is 7.54. The van der Waals surface area contributed by atoms with E-state index < -0.39 is 0 Å². The van der Waals surface area contributed by atoms with Crippen LogP contribution in [0.1, 0.15) is 47.6 Å². The minimum absolute atomic E-state index is 0.454. The van der Waals surface area contributed by atoms with Gasteiger partial charge in [0.15, 0.2) is 0 Å². The Morgan fingerprint density at radius 3 is 2.52 bits per heavy atom. The van der Waals surface area contributed by atoms with Crippen molar-refractivity contribution in [3.05, 3.63) is 76.9 Å². The Morgan fingerprint density at radius 1 is 1.09 bits per heavy atom. The molecule has 0 aromatic heterocycles. The molecule has 2 aromatic rings. The van der Waals surface area contributed by atoms with Crippen molar-refractivity contribution in [1.82, 2.24) is 4.90 Å². The highest BCUT2D eigenvalue weighted by Gasteiger charge is 2.39. The maximum atomic E-state index is 4.38. The lowest BCUT2D eigenvalue weighted by Crippen LogP contribution is -2.28. The summed E-state index contributed by atoms with van der Waals surface area (Å²) in [6.45, 7) is 10.9. The Balaban J connectivity index is 1.56. The highest BCUT2D eigenvalue weighted by atomic mass is 15.1. The van der Waals surface area contributed by atoms with E-state index in [-0.39, 0.29) is 0 Å². The first-order chi connectivity index (χ1) is 11.0. The van der Waals surface area contributed by atoms with Gasteiger partial charge in [0.25, 0.3) is 0 Å². The van der Waals surface area contributed by atoms with Crippen LogP contribution < -0.4 is 0 Å². The SMILES string of the molecule is C=C1c2ccc(C3(C)CC3)cc2CCN1Cc1ccc(C)cc1. The number of fused-ring (bicyclic) bond motifs is 1. The lowest BCUT2D eigenvalue weighted by Gasteiger charge is -2.33. The summed E-state index contributed by atoms with van der Waals surface area (Å²) in [5, 5.41) is 0. The Hall–Kier alpha value is -2.02. The van der Waals surface area contributed by atoms with Crippen molar-refractivity contribution in [3.63, 3.8) is 0 Å². The summed E-state index contributed by atoms with van der Waals surface area (Å²) >= 11 is 0. The molecule has 118 valence electrons. The molecule has 0 radical (unpaired) electrons. The molecule has 23 heavy (non-hydrogen) atoms. The van der Waals surface area contributed by atoms with Crippen molar-refractivity contribution in [2.24, 2.45) is 0 Å². The molecule has 0 bridgehead atoms. The van der Waals surface area contributed by atoms with Gasteiger partial charge in [-0.3, -0.25) is 0 Å². The number of nitrogens with zero attached hydrogens (tertiary/aromatic N) is 1. The van der Waals surface area contributed by atoms with Gasteiger partial charge in [-0.1, -0.05) is 61.5 Å². The van der Waals surface area contributed by atoms with Crippen LogP contribution in [0.3, 0.4) is 0 Å². The van der Waals surface area contributed by atoms with Crippen LogP contribution in [0.2, 0.25) is 0 Å². The lowest BCUT2D eigenvalue weighted by atomic mass is 9.89. The molecule has 0 spiro atoms. The van der Waals surface area contributed by atoms with Crippen molar-refractivity contribution in [3.8, 4) is 0 Å². The molecule has 0 atom stereocenters. The number of rotatable bonds is 3. The zero-order valence-electron chi connectivity index (χ0n) is 14.2. The van der Waals surface area contributed by atoms with E-state index in [1.807, 2.05) is 0 Å². The molecule has 2 aromatic carbocycles. The monoisotopic (exact) mass is 303 g/mol. The van der Waals surface area contributed by atoms with E-state index >= 15 is 0 Å². The standard InChI is InChI=1S/C22H25N/c1-16-4-6-18(7-5-16)15-23-13-10-19-14-20(22(3)11-12-22)8-9-21(19)17(23)2/h4-9,14H,2,10-13,15H2,1,3H3. The van der Waals surface area contributed by atoms with Crippen molar-refractivity contribution in [2.45, 2.75) is 45.1 Å². The van der Waals surface area contributed by atoms with Crippen LogP contribution in [0.5, 0.6) is 0 Å². The largest absolute Gasteiger partial charge is 0.367 e. The molecule has 1 nitrogen and oxygen atoms in total. The zero-order valence-corrected chi connectivity index (χ0v) is 14.2. The maximum Gasteiger partial charge on any atom is 0.0429 e.